The molecule has 1 aliphatic carbocycles. The Bertz CT molecular complexity index is 569. The fraction of sp³-hybridized carbons (Fsp3) is 0.571. The average Bonchev–Trinajstić information content (AvgIpc) is 3.09. The molecule has 6 heteroatoms. The number of nitrogens with two attached hydrogens (primary N) is 1. The van der Waals surface area contributed by atoms with Gasteiger partial charge in [0.1, 0.15) is 5.75 Å². The van der Waals surface area contributed by atoms with Gasteiger partial charge in [-0.1, -0.05) is 12.1 Å². The minimum Gasteiger partial charge on any atom is -0.497 e. The molecule has 0 aromatic heterocycles. The van der Waals surface area contributed by atoms with Crippen LogP contribution in [0.4, 0.5) is 0 Å². The van der Waals surface area contributed by atoms with Gasteiger partial charge in [0.25, 0.3) is 0 Å². The molecule has 1 fully saturated rings. The fourth-order valence-electron chi connectivity index (χ4n) is 3.19. The van der Waals surface area contributed by atoms with E-state index >= 15 is 0 Å². The first kappa shape index (κ1) is 15.3. The summed E-state index contributed by atoms with van der Waals surface area (Å²) in [6.07, 6.45) is 1.27. The maximum absolute atomic E-state index is 12.0. The molecule has 20 heavy (non-hydrogen) atoms. The molecule has 0 unspecified atom stereocenters. The molecule has 0 amide bonds. The van der Waals surface area contributed by atoms with Crippen molar-refractivity contribution in [3.05, 3.63) is 29.8 Å². The van der Waals surface area contributed by atoms with E-state index in [0.29, 0.717) is 6.61 Å². The van der Waals surface area contributed by atoms with Crippen molar-refractivity contribution in [3.8, 4) is 5.75 Å². The third-order valence-electron chi connectivity index (χ3n) is 4.11. The Hall–Kier alpha value is -1.11. The Morgan fingerprint density at radius 2 is 1.85 bits per heavy atom. The number of hydrogen-bond donors (Lipinski definition) is 1. The highest BCUT2D eigenvalue weighted by molar-refractivity contribution is 7.91. The van der Waals surface area contributed by atoms with E-state index in [2.05, 4.69) is 0 Å². The molecule has 112 valence electrons. The molecule has 1 aliphatic rings. The first-order valence-corrected chi connectivity index (χ1v) is 8.38. The lowest BCUT2D eigenvalue weighted by Gasteiger charge is -2.14. The van der Waals surface area contributed by atoms with Gasteiger partial charge < -0.3 is 15.2 Å². The number of methoxy groups -OCH3 is 2. The van der Waals surface area contributed by atoms with E-state index in [-0.39, 0.29) is 12.5 Å². The molecule has 2 rings (SSSR count). The van der Waals surface area contributed by atoms with Crippen molar-refractivity contribution in [3.63, 3.8) is 0 Å². The van der Waals surface area contributed by atoms with Crippen LogP contribution in [0.25, 0.3) is 0 Å². The molecular formula is C14H21NO4S. The Morgan fingerprint density at radius 1 is 1.25 bits per heavy atom. The van der Waals surface area contributed by atoms with Crippen LogP contribution in [0, 0.1) is 5.41 Å². The molecule has 5 nitrogen and oxygen atoms in total. The van der Waals surface area contributed by atoms with E-state index in [0.717, 1.165) is 11.3 Å². The average molecular weight is 299 g/mol. The Balaban J connectivity index is 2.37. The van der Waals surface area contributed by atoms with Crippen molar-refractivity contribution in [1.29, 1.82) is 0 Å². The van der Waals surface area contributed by atoms with Gasteiger partial charge in [-0.05, 0) is 17.7 Å². The van der Waals surface area contributed by atoms with Crippen molar-refractivity contribution >= 4 is 9.84 Å². The molecular weight excluding hydrogens is 278 g/mol. The van der Waals surface area contributed by atoms with Gasteiger partial charge in [-0.25, -0.2) is 8.42 Å². The standard InChI is InChI=1S/C14H21NO4S/c1-18-9-14(8-15)12(13(14)20(3,16)17)10-4-6-11(19-2)7-5-10/h4-7,12-13H,8-9,15H2,1-3H3/t12-,13+,14+/m0/s1. The van der Waals surface area contributed by atoms with Gasteiger partial charge in [0.2, 0.25) is 0 Å². The van der Waals surface area contributed by atoms with Crippen molar-refractivity contribution in [1.82, 2.24) is 0 Å². The zero-order valence-electron chi connectivity index (χ0n) is 12.0. The molecule has 1 aromatic rings. The SMILES string of the molecule is COC[C@@]1(CN)[C@H](S(C)(=O)=O)[C@@H]1c1ccc(OC)cc1. The number of sulfone groups is 1. The monoisotopic (exact) mass is 299 g/mol. The Labute approximate surface area is 120 Å². The Kier molecular flexibility index (Phi) is 4.09. The zero-order chi connectivity index (χ0) is 15.0. The summed E-state index contributed by atoms with van der Waals surface area (Å²) in [5.74, 6) is 0.628. The fourth-order valence-corrected chi connectivity index (χ4v) is 5.20. The summed E-state index contributed by atoms with van der Waals surface area (Å²) in [6, 6.07) is 7.46. The third-order valence-corrected chi connectivity index (χ3v) is 5.77. The molecule has 2 N–H and O–H groups in total. The topological polar surface area (TPSA) is 78.6 Å². The molecule has 0 bridgehead atoms. The zero-order valence-corrected chi connectivity index (χ0v) is 12.8. The van der Waals surface area contributed by atoms with E-state index in [1.54, 1.807) is 14.2 Å². The summed E-state index contributed by atoms with van der Waals surface area (Å²) >= 11 is 0. The smallest absolute Gasteiger partial charge is 0.151 e. The highest BCUT2D eigenvalue weighted by atomic mass is 32.2. The van der Waals surface area contributed by atoms with Crippen LogP contribution in [0.3, 0.4) is 0 Å². The van der Waals surface area contributed by atoms with Gasteiger partial charge in [-0.3, -0.25) is 0 Å². The second-order valence-corrected chi connectivity index (χ2v) is 7.54. The molecule has 0 saturated heterocycles. The third kappa shape index (κ3) is 2.43. The summed E-state index contributed by atoms with van der Waals surface area (Å²) < 4.78 is 34.4. The van der Waals surface area contributed by atoms with E-state index in [9.17, 15) is 8.42 Å². The summed E-state index contributed by atoms with van der Waals surface area (Å²) in [5.41, 5.74) is 6.30. The molecule has 0 heterocycles. The normalized spacial score (nSPS) is 29.2. The summed E-state index contributed by atoms with van der Waals surface area (Å²) in [7, 11) is -0.00843. The van der Waals surface area contributed by atoms with Crippen molar-refractivity contribution in [2.45, 2.75) is 11.2 Å². The van der Waals surface area contributed by atoms with Crippen molar-refractivity contribution in [2.24, 2.45) is 11.1 Å². The molecule has 3 atom stereocenters. The van der Waals surface area contributed by atoms with Crippen LogP contribution < -0.4 is 10.5 Å². The van der Waals surface area contributed by atoms with Crippen molar-refractivity contribution < 1.29 is 17.9 Å². The lowest BCUT2D eigenvalue weighted by atomic mass is 10.00. The molecule has 0 spiro atoms. The van der Waals surface area contributed by atoms with Gasteiger partial charge in [0.05, 0.1) is 19.0 Å². The summed E-state index contributed by atoms with van der Waals surface area (Å²) in [5, 5.41) is -0.478. The largest absolute Gasteiger partial charge is 0.497 e. The predicted octanol–water partition coefficient (Wildman–Crippen LogP) is 0.797. The van der Waals surface area contributed by atoms with E-state index in [1.165, 1.54) is 6.26 Å². The van der Waals surface area contributed by atoms with Crippen molar-refractivity contribution in [2.75, 3.05) is 33.6 Å². The number of rotatable bonds is 6. The van der Waals surface area contributed by atoms with Crippen LogP contribution in [0.2, 0.25) is 0 Å². The quantitative estimate of drug-likeness (QED) is 0.840. The van der Waals surface area contributed by atoms with Gasteiger partial charge in [0, 0.05) is 31.2 Å². The van der Waals surface area contributed by atoms with E-state index in [4.69, 9.17) is 15.2 Å². The van der Waals surface area contributed by atoms with E-state index in [1.807, 2.05) is 24.3 Å². The molecule has 0 aliphatic heterocycles. The molecule has 1 aromatic carbocycles. The van der Waals surface area contributed by atoms with Gasteiger partial charge in [0.15, 0.2) is 9.84 Å². The van der Waals surface area contributed by atoms with Gasteiger partial charge >= 0.3 is 0 Å². The maximum atomic E-state index is 12.0. The second kappa shape index (κ2) is 5.35. The maximum Gasteiger partial charge on any atom is 0.151 e. The highest BCUT2D eigenvalue weighted by Gasteiger charge is 2.69. The molecule has 0 radical (unpaired) electrons. The van der Waals surface area contributed by atoms with Gasteiger partial charge in [-0.2, -0.15) is 0 Å². The Morgan fingerprint density at radius 3 is 2.25 bits per heavy atom. The summed E-state index contributed by atoms with van der Waals surface area (Å²) in [6.45, 7) is 0.632. The highest BCUT2D eigenvalue weighted by Crippen LogP contribution is 2.62. The van der Waals surface area contributed by atoms with Crippen LogP contribution in [-0.4, -0.2) is 47.3 Å². The van der Waals surface area contributed by atoms with Gasteiger partial charge in [-0.15, -0.1) is 0 Å². The second-order valence-electron chi connectivity index (χ2n) is 5.37. The molecule has 1 saturated carbocycles. The lowest BCUT2D eigenvalue weighted by Crippen LogP contribution is -2.28. The minimum absolute atomic E-state index is 0.117. The first-order chi connectivity index (χ1) is 9.40. The van der Waals surface area contributed by atoms with Crippen LogP contribution in [-0.2, 0) is 14.6 Å². The van der Waals surface area contributed by atoms with Crippen LogP contribution in [0.1, 0.15) is 11.5 Å². The first-order valence-electron chi connectivity index (χ1n) is 6.42. The van der Waals surface area contributed by atoms with Crippen LogP contribution in [0.15, 0.2) is 24.3 Å². The summed E-state index contributed by atoms with van der Waals surface area (Å²) in [4.78, 5) is 0. The number of ether oxygens (including phenoxy) is 2. The van der Waals surface area contributed by atoms with E-state index < -0.39 is 20.5 Å². The van der Waals surface area contributed by atoms with Crippen LogP contribution >= 0.6 is 0 Å². The van der Waals surface area contributed by atoms with Crippen LogP contribution in [0.5, 0.6) is 5.75 Å². The number of hydrogen-bond acceptors (Lipinski definition) is 5. The minimum atomic E-state index is -3.18. The number of benzene rings is 1. The predicted molar refractivity (Wildman–Crippen MR) is 77.7 cm³/mol. The lowest BCUT2D eigenvalue weighted by molar-refractivity contribution is 0.142.